The SMILES string of the molecule is CCOC(=O)c1ccc(N2CC(C(=O)OCC(=O)c3ccc(C)c(C)c3)CC2=O)cc1. The van der Waals surface area contributed by atoms with Crippen molar-refractivity contribution in [2.45, 2.75) is 27.2 Å². The van der Waals surface area contributed by atoms with E-state index in [2.05, 4.69) is 0 Å². The fourth-order valence-corrected chi connectivity index (χ4v) is 3.36. The maximum absolute atomic E-state index is 12.4. The first-order valence-electron chi connectivity index (χ1n) is 10.1. The minimum Gasteiger partial charge on any atom is -0.462 e. The zero-order valence-corrected chi connectivity index (χ0v) is 17.8. The fourth-order valence-electron chi connectivity index (χ4n) is 3.36. The first-order valence-corrected chi connectivity index (χ1v) is 10.1. The zero-order chi connectivity index (χ0) is 22.5. The van der Waals surface area contributed by atoms with Crippen molar-refractivity contribution in [2.24, 2.45) is 5.92 Å². The van der Waals surface area contributed by atoms with Crippen molar-refractivity contribution in [1.29, 1.82) is 0 Å². The molecule has 0 bridgehead atoms. The van der Waals surface area contributed by atoms with Crippen LogP contribution in [0.2, 0.25) is 0 Å². The van der Waals surface area contributed by atoms with Crippen LogP contribution in [0, 0.1) is 19.8 Å². The molecule has 1 heterocycles. The van der Waals surface area contributed by atoms with Gasteiger partial charge in [0, 0.05) is 24.2 Å². The van der Waals surface area contributed by atoms with Crippen LogP contribution in [-0.2, 0) is 19.1 Å². The average Bonchev–Trinajstić information content (AvgIpc) is 3.15. The van der Waals surface area contributed by atoms with Crippen LogP contribution in [0.1, 0.15) is 45.2 Å². The Bertz CT molecular complexity index is 1010. The maximum atomic E-state index is 12.4. The van der Waals surface area contributed by atoms with Crippen molar-refractivity contribution < 1.29 is 28.7 Å². The van der Waals surface area contributed by atoms with Crippen LogP contribution < -0.4 is 4.90 Å². The number of carbonyl (C=O) groups excluding carboxylic acids is 4. The van der Waals surface area contributed by atoms with Gasteiger partial charge in [-0.05, 0) is 62.2 Å². The molecular formula is C24H25NO6. The summed E-state index contributed by atoms with van der Waals surface area (Å²) in [6.45, 7) is 5.67. The standard InChI is InChI=1S/C24H25NO6/c1-4-30-23(28)17-7-9-20(10-8-17)25-13-19(12-22(25)27)24(29)31-14-21(26)18-6-5-15(2)16(3)11-18/h5-11,19H,4,12-14H2,1-3H3. The van der Waals surface area contributed by atoms with Gasteiger partial charge in [-0.25, -0.2) is 4.79 Å². The normalized spacial score (nSPS) is 15.6. The second-order valence-electron chi connectivity index (χ2n) is 7.50. The van der Waals surface area contributed by atoms with Crippen LogP contribution in [0.3, 0.4) is 0 Å². The summed E-state index contributed by atoms with van der Waals surface area (Å²) in [5.41, 5.74) is 3.52. The van der Waals surface area contributed by atoms with Crippen molar-refractivity contribution in [3.8, 4) is 0 Å². The predicted molar refractivity (Wildman–Crippen MR) is 114 cm³/mol. The first kappa shape index (κ1) is 22.2. The van der Waals surface area contributed by atoms with Crippen LogP contribution in [-0.4, -0.2) is 43.4 Å². The zero-order valence-electron chi connectivity index (χ0n) is 17.8. The Morgan fingerprint density at radius 2 is 1.65 bits per heavy atom. The predicted octanol–water partition coefficient (Wildman–Crippen LogP) is 3.26. The summed E-state index contributed by atoms with van der Waals surface area (Å²) in [6.07, 6.45) is 0.0102. The van der Waals surface area contributed by atoms with Gasteiger partial charge in [0.25, 0.3) is 0 Å². The molecule has 162 valence electrons. The molecule has 0 aliphatic carbocycles. The molecule has 2 aromatic rings. The molecule has 31 heavy (non-hydrogen) atoms. The third-order valence-corrected chi connectivity index (χ3v) is 5.32. The molecule has 7 nitrogen and oxygen atoms in total. The Balaban J connectivity index is 1.57. The average molecular weight is 423 g/mol. The van der Waals surface area contributed by atoms with Crippen molar-refractivity contribution in [1.82, 2.24) is 0 Å². The smallest absolute Gasteiger partial charge is 0.338 e. The summed E-state index contributed by atoms with van der Waals surface area (Å²) in [4.78, 5) is 50.4. The number of aryl methyl sites for hydroxylation is 2. The van der Waals surface area contributed by atoms with Gasteiger partial charge < -0.3 is 14.4 Å². The minimum absolute atomic E-state index is 0.0102. The van der Waals surface area contributed by atoms with Gasteiger partial charge in [0.05, 0.1) is 18.1 Å². The van der Waals surface area contributed by atoms with Crippen LogP contribution in [0.25, 0.3) is 0 Å². The van der Waals surface area contributed by atoms with Gasteiger partial charge in [-0.3, -0.25) is 14.4 Å². The minimum atomic E-state index is -0.648. The number of ketones is 1. The number of rotatable bonds is 7. The Hall–Kier alpha value is -3.48. The summed E-state index contributed by atoms with van der Waals surface area (Å²) in [5.74, 6) is -2.16. The number of benzene rings is 2. The topological polar surface area (TPSA) is 90.0 Å². The highest BCUT2D eigenvalue weighted by atomic mass is 16.5. The number of carbonyl (C=O) groups is 4. The molecular weight excluding hydrogens is 398 g/mol. The summed E-state index contributed by atoms with van der Waals surface area (Å²) in [6, 6.07) is 11.8. The Kier molecular flexibility index (Phi) is 6.84. The van der Waals surface area contributed by atoms with E-state index in [1.54, 1.807) is 43.3 Å². The van der Waals surface area contributed by atoms with Gasteiger partial charge in [-0.1, -0.05) is 12.1 Å². The summed E-state index contributed by atoms with van der Waals surface area (Å²) >= 11 is 0. The van der Waals surface area contributed by atoms with E-state index in [1.165, 1.54) is 4.90 Å². The summed E-state index contributed by atoms with van der Waals surface area (Å²) in [7, 11) is 0. The third-order valence-electron chi connectivity index (χ3n) is 5.32. The lowest BCUT2D eigenvalue weighted by atomic mass is 10.0. The van der Waals surface area contributed by atoms with E-state index in [0.717, 1.165) is 11.1 Å². The molecule has 3 rings (SSSR count). The molecule has 2 aromatic carbocycles. The lowest BCUT2D eigenvalue weighted by Crippen LogP contribution is -2.27. The molecule has 0 N–H and O–H groups in total. The highest BCUT2D eigenvalue weighted by Crippen LogP contribution is 2.26. The number of nitrogens with zero attached hydrogens (tertiary/aromatic N) is 1. The molecule has 0 aromatic heterocycles. The van der Waals surface area contributed by atoms with E-state index in [0.29, 0.717) is 16.8 Å². The quantitative estimate of drug-likeness (QED) is 0.502. The van der Waals surface area contributed by atoms with Crippen molar-refractivity contribution >= 4 is 29.3 Å². The van der Waals surface area contributed by atoms with Gasteiger partial charge >= 0.3 is 11.9 Å². The number of ether oxygens (including phenoxy) is 2. The molecule has 1 atom stereocenters. The molecule has 1 unspecified atom stereocenters. The molecule has 0 radical (unpaired) electrons. The van der Waals surface area contributed by atoms with Crippen LogP contribution in [0.4, 0.5) is 5.69 Å². The van der Waals surface area contributed by atoms with E-state index >= 15 is 0 Å². The number of amides is 1. The Labute approximate surface area is 180 Å². The number of esters is 2. The summed E-state index contributed by atoms with van der Waals surface area (Å²) in [5, 5.41) is 0. The Morgan fingerprint density at radius 1 is 0.968 bits per heavy atom. The largest absolute Gasteiger partial charge is 0.462 e. The molecule has 0 saturated carbocycles. The molecule has 1 aliphatic heterocycles. The number of Topliss-reactive ketones (excluding diaryl/α,β-unsaturated/α-hetero) is 1. The lowest BCUT2D eigenvalue weighted by molar-refractivity contribution is -0.147. The lowest BCUT2D eigenvalue weighted by Gasteiger charge is -2.17. The monoisotopic (exact) mass is 423 g/mol. The van der Waals surface area contributed by atoms with Crippen LogP contribution in [0.5, 0.6) is 0 Å². The highest BCUT2D eigenvalue weighted by Gasteiger charge is 2.36. The van der Waals surface area contributed by atoms with E-state index < -0.39 is 17.9 Å². The molecule has 1 saturated heterocycles. The van der Waals surface area contributed by atoms with E-state index in [1.807, 2.05) is 19.9 Å². The van der Waals surface area contributed by atoms with E-state index in [9.17, 15) is 19.2 Å². The number of hydrogen-bond acceptors (Lipinski definition) is 6. The second-order valence-corrected chi connectivity index (χ2v) is 7.50. The van der Waals surface area contributed by atoms with Crippen LogP contribution >= 0.6 is 0 Å². The molecule has 0 spiro atoms. The number of hydrogen-bond donors (Lipinski definition) is 0. The third kappa shape index (κ3) is 5.17. The fraction of sp³-hybridized carbons (Fsp3) is 0.333. The van der Waals surface area contributed by atoms with Gasteiger partial charge in [0.2, 0.25) is 5.91 Å². The van der Waals surface area contributed by atoms with Crippen molar-refractivity contribution in [2.75, 3.05) is 24.7 Å². The molecule has 1 amide bonds. The maximum Gasteiger partial charge on any atom is 0.338 e. The summed E-state index contributed by atoms with van der Waals surface area (Å²) < 4.78 is 10.1. The van der Waals surface area contributed by atoms with Gasteiger partial charge in [-0.15, -0.1) is 0 Å². The number of anilines is 1. The van der Waals surface area contributed by atoms with Crippen molar-refractivity contribution in [3.63, 3.8) is 0 Å². The van der Waals surface area contributed by atoms with Gasteiger partial charge in [0.15, 0.2) is 12.4 Å². The first-order chi connectivity index (χ1) is 14.8. The highest BCUT2D eigenvalue weighted by molar-refractivity contribution is 6.01. The second kappa shape index (κ2) is 9.55. The molecule has 1 fully saturated rings. The van der Waals surface area contributed by atoms with Gasteiger partial charge in [0.1, 0.15) is 0 Å². The van der Waals surface area contributed by atoms with Crippen molar-refractivity contribution in [3.05, 3.63) is 64.7 Å². The van der Waals surface area contributed by atoms with E-state index in [-0.39, 0.29) is 37.9 Å². The molecule has 7 heteroatoms. The molecule has 1 aliphatic rings. The van der Waals surface area contributed by atoms with Gasteiger partial charge in [-0.2, -0.15) is 0 Å². The van der Waals surface area contributed by atoms with Crippen LogP contribution in [0.15, 0.2) is 42.5 Å². The van der Waals surface area contributed by atoms with E-state index in [4.69, 9.17) is 9.47 Å². The Morgan fingerprint density at radius 3 is 2.29 bits per heavy atom.